The summed E-state index contributed by atoms with van der Waals surface area (Å²) in [6, 6.07) is 10.6. The van der Waals surface area contributed by atoms with Crippen molar-refractivity contribution >= 4 is 11.6 Å². The lowest BCUT2D eigenvalue weighted by Crippen LogP contribution is -2.43. The van der Waals surface area contributed by atoms with E-state index in [1.165, 1.54) is 17.2 Å². The first kappa shape index (κ1) is 19.5. The smallest absolute Gasteiger partial charge is 0.269 e. The summed E-state index contributed by atoms with van der Waals surface area (Å²) in [5.41, 5.74) is 3.33. The van der Waals surface area contributed by atoms with Gasteiger partial charge in [0.1, 0.15) is 0 Å². The molecule has 0 aromatic heterocycles. The minimum atomic E-state index is -0.387. The third-order valence-electron chi connectivity index (χ3n) is 4.80. The normalized spacial score (nSPS) is 13.7. The summed E-state index contributed by atoms with van der Waals surface area (Å²) in [5.74, 6) is 2.21. The molecule has 3 rings (SSSR count). The van der Waals surface area contributed by atoms with Crippen molar-refractivity contribution in [3.63, 3.8) is 0 Å². The van der Waals surface area contributed by atoms with Gasteiger partial charge in [0.2, 0.25) is 0 Å². The fourth-order valence-corrected chi connectivity index (χ4v) is 3.36. The molecule has 0 amide bonds. The maximum atomic E-state index is 10.9. The highest BCUT2D eigenvalue weighted by Gasteiger charge is 2.21. The monoisotopic (exact) mass is 384 g/mol. The van der Waals surface area contributed by atoms with Gasteiger partial charge in [-0.1, -0.05) is 12.1 Å². The van der Waals surface area contributed by atoms with Gasteiger partial charge in [0.15, 0.2) is 17.5 Å². The highest BCUT2D eigenvalue weighted by Crippen LogP contribution is 2.33. The van der Waals surface area contributed by atoms with E-state index in [2.05, 4.69) is 15.2 Å². The molecule has 8 heteroatoms. The second-order valence-electron chi connectivity index (χ2n) is 6.48. The number of aliphatic imine (C=N–C) groups is 1. The first-order valence-electron chi connectivity index (χ1n) is 8.98. The van der Waals surface area contributed by atoms with Crippen molar-refractivity contribution in [3.05, 3.63) is 63.2 Å². The van der Waals surface area contributed by atoms with Gasteiger partial charge >= 0.3 is 0 Å². The van der Waals surface area contributed by atoms with Gasteiger partial charge in [0.25, 0.3) is 5.69 Å². The van der Waals surface area contributed by atoms with E-state index >= 15 is 0 Å². The van der Waals surface area contributed by atoms with Crippen LogP contribution in [0.2, 0.25) is 0 Å². The van der Waals surface area contributed by atoms with Gasteiger partial charge in [-0.3, -0.25) is 15.1 Å². The molecule has 148 valence electrons. The number of ether oxygens (including phenoxy) is 2. The van der Waals surface area contributed by atoms with Crippen molar-refractivity contribution in [3.8, 4) is 11.5 Å². The van der Waals surface area contributed by atoms with E-state index in [4.69, 9.17) is 9.47 Å². The van der Waals surface area contributed by atoms with Crippen molar-refractivity contribution in [2.24, 2.45) is 4.99 Å². The van der Waals surface area contributed by atoms with Gasteiger partial charge in [-0.25, -0.2) is 0 Å². The third-order valence-corrected chi connectivity index (χ3v) is 4.80. The lowest BCUT2D eigenvalue weighted by molar-refractivity contribution is -0.384. The number of nitro groups is 1. The maximum absolute atomic E-state index is 10.9. The quantitative estimate of drug-likeness (QED) is 0.369. The number of nitrogens with zero attached hydrogens (tertiary/aromatic N) is 3. The first-order chi connectivity index (χ1) is 13.5. The summed E-state index contributed by atoms with van der Waals surface area (Å²) < 4.78 is 10.8. The largest absolute Gasteiger partial charge is 0.493 e. The molecule has 2 aromatic carbocycles. The molecule has 0 spiro atoms. The zero-order valence-corrected chi connectivity index (χ0v) is 16.3. The van der Waals surface area contributed by atoms with Crippen molar-refractivity contribution in [2.45, 2.75) is 19.5 Å². The molecule has 1 heterocycles. The minimum absolute atomic E-state index is 0.0854. The van der Waals surface area contributed by atoms with Crippen molar-refractivity contribution < 1.29 is 14.4 Å². The number of hydrogen-bond donors (Lipinski definition) is 1. The van der Waals surface area contributed by atoms with Crippen LogP contribution in [0.5, 0.6) is 11.5 Å². The number of nitrogens with one attached hydrogen (secondary N) is 1. The first-order valence-corrected chi connectivity index (χ1v) is 8.98. The summed E-state index contributed by atoms with van der Waals surface area (Å²) in [6.07, 6.45) is 0.868. The predicted molar refractivity (Wildman–Crippen MR) is 107 cm³/mol. The average molecular weight is 384 g/mol. The molecule has 0 fully saturated rings. The van der Waals surface area contributed by atoms with Gasteiger partial charge < -0.3 is 19.7 Å². The third kappa shape index (κ3) is 4.16. The van der Waals surface area contributed by atoms with Crippen molar-refractivity contribution in [1.29, 1.82) is 0 Å². The van der Waals surface area contributed by atoms with Crippen LogP contribution in [0.4, 0.5) is 5.69 Å². The Morgan fingerprint density at radius 1 is 1.21 bits per heavy atom. The molecular weight excluding hydrogens is 360 g/mol. The predicted octanol–water partition coefficient (Wildman–Crippen LogP) is 2.75. The Bertz CT molecular complexity index is 898. The van der Waals surface area contributed by atoms with Crippen LogP contribution < -0.4 is 14.8 Å². The van der Waals surface area contributed by atoms with Gasteiger partial charge in [-0.2, -0.15) is 0 Å². The molecule has 8 nitrogen and oxygen atoms in total. The van der Waals surface area contributed by atoms with Gasteiger partial charge in [0, 0.05) is 38.8 Å². The SMILES string of the molecule is CN=C(NCc1cccc([N+](=O)[O-])c1)N1CCc2cc(OC)c(OC)cc2C1. The van der Waals surface area contributed by atoms with Crippen LogP contribution in [0, 0.1) is 10.1 Å². The fourth-order valence-electron chi connectivity index (χ4n) is 3.36. The number of fused-ring (bicyclic) bond motifs is 1. The van der Waals surface area contributed by atoms with Crippen molar-refractivity contribution in [2.75, 3.05) is 27.8 Å². The molecule has 0 atom stereocenters. The number of methoxy groups -OCH3 is 2. The van der Waals surface area contributed by atoms with E-state index in [-0.39, 0.29) is 10.6 Å². The Morgan fingerprint density at radius 2 is 1.93 bits per heavy atom. The van der Waals surface area contributed by atoms with Crippen LogP contribution in [-0.4, -0.2) is 43.6 Å². The standard InChI is InChI=1S/C20H24N4O4/c1-21-20(22-12-14-5-4-6-17(9-14)24(25)26)23-8-7-15-10-18(27-2)19(28-3)11-16(15)13-23/h4-6,9-11H,7-8,12-13H2,1-3H3,(H,21,22). The van der Waals surface area contributed by atoms with Gasteiger partial charge in [-0.05, 0) is 35.2 Å². The number of non-ortho nitro benzene ring substituents is 1. The second-order valence-corrected chi connectivity index (χ2v) is 6.48. The van der Waals surface area contributed by atoms with Crippen LogP contribution in [-0.2, 0) is 19.5 Å². The van der Waals surface area contributed by atoms with E-state index in [0.29, 0.717) is 18.8 Å². The Kier molecular flexibility index (Phi) is 5.98. The minimum Gasteiger partial charge on any atom is -0.493 e. The fraction of sp³-hybridized carbons (Fsp3) is 0.350. The summed E-state index contributed by atoms with van der Waals surface area (Å²) >= 11 is 0. The highest BCUT2D eigenvalue weighted by atomic mass is 16.6. The molecule has 2 aromatic rings. The van der Waals surface area contributed by atoms with Crippen LogP contribution in [0.3, 0.4) is 0 Å². The average Bonchev–Trinajstić information content (AvgIpc) is 2.73. The van der Waals surface area contributed by atoms with Crippen LogP contribution in [0.25, 0.3) is 0 Å². The number of rotatable bonds is 5. The lowest BCUT2D eigenvalue weighted by atomic mass is 9.99. The Morgan fingerprint density at radius 3 is 2.57 bits per heavy atom. The van der Waals surface area contributed by atoms with Crippen LogP contribution in [0.1, 0.15) is 16.7 Å². The molecule has 1 aliphatic rings. The van der Waals surface area contributed by atoms with Gasteiger partial charge in [0.05, 0.1) is 19.1 Å². The number of guanidine groups is 1. The number of nitro benzene ring substituents is 1. The zero-order chi connectivity index (χ0) is 20.1. The summed E-state index contributed by atoms with van der Waals surface area (Å²) in [7, 11) is 5.00. The van der Waals surface area contributed by atoms with E-state index in [1.54, 1.807) is 33.4 Å². The molecular formula is C20H24N4O4. The molecule has 0 saturated heterocycles. The summed E-state index contributed by atoms with van der Waals surface area (Å²) in [4.78, 5) is 17.1. The molecule has 0 aliphatic carbocycles. The number of hydrogen-bond acceptors (Lipinski definition) is 5. The topological polar surface area (TPSA) is 89.2 Å². The van der Waals surface area contributed by atoms with Gasteiger partial charge in [-0.15, -0.1) is 0 Å². The molecule has 1 N–H and O–H groups in total. The maximum Gasteiger partial charge on any atom is 0.269 e. The highest BCUT2D eigenvalue weighted by molar-refractivity contribution is 5.80. The van der Waals surface area contributed by atoms with E-state index < -0.39 is 0 Å². The zero-order valence-electron chi connectivity index (χ0n) is 16.3. The Hall–Kier alpha value is -3.29. The molecule has 0 radical (unpaired) electrons. The molecule has 0 unspecified atom stereocenters. The van der Waals surface area contributed by atoms with Crippen molar-refractivity contribution in [1.82, 2.24) is 10.2 Å². The Labute approximate surface area is 163 Å². The second kappa shape index (κ2) is 8.60. The molecule has 0 bridgehead atoms. The summed E-state index contributed by atoms with van der Waals surface area (Å²) in [6.45, 7) is 1.98. The van der Waals surface area contributed by atoms with Crippen LogP contribution in [0.15, 0.2) is 41.4 Å². The molecule has 1 aliphatic heterocycles. The van der Waals surface area contributed by atoms with E-state index in [9.17, 15) is 10.1 Å². The van der Waals surface area contributed by atoms with E-state index in [0.717, 1.165) is 30.2 Å². The Balaban J connectivity index is 1.71. The summed E-state index contributed by atoms with van der Waals surface area (Å²) in [5, 5.41) is 14.2. The van der Waals surface area contributed by atoms with E-state index in [1.807, 2.05) is 18.2 Å². The van der Waals surface area contributed by atoms with Crippen LogP contribution >= 0.6 is 0 Å². The molecule has 28 heavy (non-hydrogen) atoms. The lowest BCUT2D eigenvalue weighted by Gasteiger charge is -2.32. The molecule has 0 saturated carbocycles. The number of benzene rings is 2.